The van der Waals surface area contributed by atoms with E-state index in [1.807, 2.05) is 24.3 Å². The van der Waals surface area contributed by atoms with E-state index >= 15 is 0 Å². The summed E-state index contributed by atoms with van der Waals surface area (Å²) in [6.45, 7) is 5.71. The fourth-order valence-corrected chi connectivity index (χ4v) is 4.03. The highest BCUT2D eigenvalue weighted by molar-refractivity contribution is 5.94. The standard InChI is InChI=1S/C22H23N5O3/c1-13-11-23-8-9-27(13)12-16-18(29-2)6-5-15-20(28)19(30-21(15)16)10-17-14-4-3-7-24-22(14)26-25-17/h3-7,10,13,23,28H,8-9,11-12H2,1-2H3/t13-/m0/s1. The van der Waals surface area contributed by atoms with Crippen molar-refractivity contribution in [2.75, 3.05) is 26.7 Å². The van der Waals surface area contributed by atoms with Crippen LogP contribution in [-0.4, -0.2) is 47.8 Å². The molecule has 2 aliphatic rings. The molecule has 3 aromatic rings. The largest absolute Gasteiger partial charge is 0.504 e. The molecule has 1 aromatic carbocycles. The Bertz CT molecular complexity index is 1170. The Balaban J connectivity index is 1.58. The maximum absolute atomic E-state index is 10.9. The third-order valence-corrected chi connectivity index (χ3v) is 5.72. The number of furan rings is 1. The van der Waals surface area contributed by atoms with Crippen molar-refractivity contribution in [2.24, 2.45) is 10.2 Å². The summed E-state index contributed by atoms with van der Waals surface area (Å²) in [7, 11) is 1.65. The molecule has 30 heavy (non-hydrogen) atoms. The molecule has 1 fully saturated rings. The number of pyridine rings is 1. The minimum atomic E-state index is 0.0855. The van der Waals surface area contributed by atoms with Crippen LogP contribution in [0.4, 0.5) is 5.82 Å². The van der Waals surface area contributed by atoms with Gasteiger partial charge in [-0.3, -0.25) is 4.90 Å². The highest BCUT2D eigenvalue weighted by Crippen LogP contribution is 2.41. The van der Waals surface area contributed by atoms with Crippen LogP contribution in [0.25, 0.3) is 22.7 Å². The molecule has 0 amide bonds. The quantitative estimate of drug-likeness (QED) is 0.683. The number of rotatable bonds is 4. The molecule has 8 heteroatoms. The van der Waals surface area contributed by atoms with Gasteiger partial charge >= 0.3 is 0 Å². The van der Waals surface area contributed by atoms with E-state index in [0.29, 0.717) is 40.8 Å². The molecule has 2 aliphatic heterocycles. The maximum atomic E-state index is 10.9. The van der Waals surface area contributed by atoms with Gasteiger partial charge in [-0.1, -0.05) is 0 Å². The predicted octanol–water partition coefficient (Wildman–Crippen LogP) is 3.93. The Hall–Kier alpha value is -3.23. The Morgan fingerprint density at radius 3 is 3.07 bits per heavy atom. The first-order chi connectivity index (χ1) is 14.7. The molecule has 5 rings (SSSR count). The lowest BCUT2D eigenvalue weighted by Gasteiger charge is -2.34. The zero-order valence-electron chi connectivity index (χ0n) is 16.9. The summed E-state index contributed by atoms with van der Waals surface area (Å²) in [6, 6.07) is 7.83. The van der Waals surface area contributed by atoms with Gasteiger partial charge in [0.1, 0.15) is 17.0 Å². The highest BCUT2D eigenvalue weighted by atomic mass is 16.5. The van der Waals surface area contributed by atoms with E-state index in [0.717, 1.165) is 36.5 Å². The van der Waals surface area contributed by atoms with Crippen LogP contribution in [0.3, 0.4) is 0 Å². The second-order valence-electron chi connectivity index (χ2n) is 7.57. The van der Waals surface area contributed by atoms with Crippen molar-refractivity contribution in [1.29, 1.82) is 0 Å². The number of ether oxygens (including phenoxy) is 1. The molecule has 0 aliphatic carbocycles. The second-order valence-corrected chi connectivity index (χ2v) is 7.57. The number of aromatic hydroxyl groups is 1. The fraction of sp³-hybridized carbons (Fsp3) is 0.318. The first-order valence-electron chi connectivity index (χ1n) is 10.0. The normalized spacial score (nSPS) is 20.2. The number of hydrogen-bond donors (Lipinski definition) is 2. The lowest BCUT2D eigenvalue weighted by atomic mass is 10.1. The zero-order chi connectivity index (χ0) is 20.7. The number of nitrogens with one attached hydrogen (secondary N) is 1. The Labute approximate surface area is 173 Å². The summed E-state index contributed by atoms with van der Waals surface area (Å²) in [5, 5.41) is 23.2. The van der Waals surface area contributed by atoms with Crippen molar-refractivity contribution in [3.8, 4) is 11.5 Å². The van der Waals surface area contributed by atoms with Gasteiger partial charge in [0.05, 0.1) is 18.1 Å². The van der Waals surface area contributed by atoms with Gasteiger partial charge < -0.3 is 19.6 Å². The molecule has 0 saturated carbocycles. The van der Waals surface area contributed by atoms with Crippen LogP contribution in [0.1, 0.15) is 23.8 Å². The van der Waals surface area contributed by atoms with Crippen molar-refractivity contribution < 1.29 is 14.3 Å². The van der Waals surface area contributed by atoms with E-state index in [1.54, 1.807) is 19.4 Å². The predicted molar refractivity (Wildman–Crippen MR) is 114 cm³/mol. The molecule has 0 bridgehead atoms. The average molecular weight is 405 g/mol. The van der Waals surface area contributed by atoms with Gasteiger partial charge in [-0.05, 0) is 31.2 Å². The summed E-state index contributed by atoms with van der Waals surface area (Å²) in [6.07, 6.45) is 3.38. The van der Waals surface area contributed by atoms with Crippen molar-refractivity contribution in [2.45, 2.75) is 19.5 Å². The molecule has 0 unspecified atom stereocenters. The van der Waals surface area contributed by atoms with E-state index in [1.165, 1.54) is 0 Å². The number of piperazine rings is 1. The number of nitrogens with zero attached hydrogens (tertiary/aromatic N) is 4. The van der Waals surface area contributed by atoms with Crippen molar-refractivity contribution in [3.05, 3.63) is 47.3 Å². The van der Waals surface area contributed by atoms with Gasteiger partial charge in [0.15, 0.2) is 17.3 Å². The van der Waals surface area contributed by atoms with Crippen LogP contribution in [-0.2, 0) is 6.54 Å². The molecule has 2 N–H and O–H groups in total. The first kappa shape index (κ1) is 18.8. The summed E-state index contributed by atoms with van der Waals surface area (Å²) in [5.74, 6) is 1.74. The van der Waals surface area contributed by atoms with Crippen LogP contribution in [0.15, 0.2) is 45.1 Å². The van der Waals surface area contributed by atoms with Crippen LogP contribution in [0, 0.1) is 0 Å². The fourth-order valence-electron chi connectivity index (χ4n) is 4.03. The molecular formula is C22H23N5O3. The third kappa shape index (κ3) is 3.14. The van der Waals surface area contributed by atoms with Gasteiger partial charge in [0.2, 0.25) is 0 Å². The van der Waals surface area contributed by atoms with Crippen molar-refractivity contribution >= 4 is 28.6 Å². The van der Waals surface area contributed by atoms with E-state index in [2.05, 4.69) is 32.4 Å². The summed E-state index contributed by atoms with van der Waals surface area (Å²) >= 11 is 0. The Morgan fingerprint density at radius 2 is 2.23 bits per heavy atom. The van der Waals surface area contributed by atoms with Gasteiger partial charge in [0, 0.05) is 50.1 Å². The van der Waals surface area contributed by atoms with Crippen LogP contribution in [0.5, 0.6) is 11.5 Å². The highest BCUT2D eigenvalue weighted by Gasteiger charge is 2.25. The number of azo groups is 1. The molecular weight excluding hydrogens is 382 g/mol. The smallest absolute Gasteiger partial charge is 0.183 e. The maximum Gasteiger partial charge on any atom is 0.183 e. The molecule has 154 valence electrons. The van der Waals surface area contributed by atoms with E-state index in [4.69, 9.17) is 9.15 Å². The summed E-state index contributed by atoms with van der Waals surface area (Å²) < 4.78 is 11.8. The zero-order valence-corrected chi connectivity index (χ0v) is 16.9. The Morgan fingerprint density at radius 1 is 1.33 bits per heavy atom. The van der Waals surface area contributed by atoms with E-state index in [9.17, 15) is 5.11 Å². The second kappa shape index (κ2) is 7.55. The SMILES string of the molecule is COc1ccc2c(O)c(C=C3N=Nc4ncccc43)oc2c1CN1CCNC[C@@H]1C. The van der Waals surface area contributed by atoms with Gasteiger partial charge in [-0.15, -0.1) is 10.2 Å². The molecule has 1 atom stereocenters. The molecule has 1 saturated heterocycles. The average Bonchev–Trinajstić information content (AvgIpc) is 3.32. The molecule has 0 spiro atoms. The van der Waals surface area contributed by atoms with Crippen LogP contribution < -0.4 is 10.1 Å². The third-order valence-electron chi connectivity index (χ3n) is 5.72. The Kier molecular flexibility index (Phi) is 4.72. The lowest BCUT2D eigenvalue weighted by Crippen LogP contribution is -2.49. The van der Waals surface area contributed by atoms with Crippen molar-refractivity contribution in [3.63, 3.8) is 0 Å². The van der Waals surface area contributed by atoms with Crippen LogP contribution in [0.2, 0.25) is 0 Å². The number of benzene rings is 1. The number of methoxy groups -OCH3 is 1. The minimum Gasteiger partial charge on any atom is -0.504 e. The lowest BCUT2D eigenvalue weighted by molar-refractivity contribution is 0.164. The van der Waals surface area contributed by atoms with E-state index < -0.39 is 0 Å². The minimum absolute atomic E-state index is 0.0855. The summed E-state index contributed by atoms with van der Waals surface area (Å²) in [5.41, 5.74) is 2.98. The first-order valence-corrected chi connectivity index (χ1v) is 10.0. The number of aromatic nitrogens is 1. The number of fused-ring (bicyclic) bond motifs is 2. The van der Waals surface area contributed by atoms with E-state index in [-0.39, 0.29) is 5.75 Å². The molecule has 0 radical (unpaired) electrons. The monoisotopic (exact) mass is 405 g/mol. The van der Waals surface area contributed by atoms with Gasteiger partial charge in [0.25, 0.3) is 0 Å². The van der Waals surface area contributed by atoms with Crippen LogP contribution >= 0.6 is 0 Å². The van der Waals surface area contributed by atoms with Gasteiger partial charge in [-0.25, -0.2) is 4.98 Å². The molecule has 8 nitrogen and oxygen atoms in total. The summed E-state index contributed by atoms with van der Waals surface area (Å²) in [4.78, 5) is 6.59. The number of hydrogen-bond acceptors (Lipinski definition) is 8. The molecule has 4 heterocycles. The molecule has 2 aromatic heterocycles. The topological polar surface area (TPSA) is 95.5 Å². The van der Waals surface area contributed by atoms with Gasteiger partial charge in [-0.2, -0.15) is 0 Å². The van der Waals surface area contributed by atoms with Crippen molar-refractivity contribution in [1.82, 2.24) is 15.2 Å².